The van der Waals surface area contributed by atoms with Crippen LogP contribution < -0.4 is 0 Å². The van der Waals surface area contributed by atoms with Crippen molar-refractivity contribution in [2.24, 2.45) is 5.41 Å². The number of phenols is 1. The highest BCUT2D eigenvalue weighted by atomic mass is 16.4. The fraction of sp³-hybridized carbons (Fsp3) is 0.643. The molecule has 7 heteroatoms. The Balaban J connectivity index is 1.79. The number of phenolic OH excluding ortho intramolecular Hbond substituents is 1. The zero-order valence-corrected chi connectivity index (χ0v) is 22.9. The summed E-state index contributed by atoms with van der Waals surface area (Å²) in [7, 11) is 0. The topological polar surface area (TPSA) is 90.0 Å². The molecule has 1 aromatic heterocycles. The Labute approximate surface area is 210 Å². The van der Waals surface area contributed by atoms with E-state index in [9.17, 15) is 15.0 Å². The molecule has 1 saturated heterocycles. The van der Waals surface area contributed by atoms with Crippen LogP contribution in [0.2, 0.25) is 0 Å². The molecule has 1 aliphatic heterocycles. The third-order valence-electron chi connectivity index (χ3n) is 6.92. The van der Waals surface area contributed by atoms with Crippen LogP contribution in [-0.4, -0.2) is 63.3 Å². The molecule has 2 heterocycles. The van der Waals surface area contributed by atoms with E-state index in [1.54, 1.807) is 11.2 Å². The summed E-state index contributed by atoms with van der Waals surface area (Å²) in [4.78, 5) is 20.4. The maximum absolute atomic E-state index is 11.7. The molecule has 3 rings (SSSR count). The lowest BCUT2D eigenvalue weighted by molar-refractivity contribution is 0.0221. The van der Waals surface area contributed by atoms with Crippen LogP contribution in [0.4, 0.5) is 4.79 Å². The van der Waals surface area contributed by atoms with Crippen LogP contribution in [0.5, 0.6) is 5.75 Å². The van der Waals surface area contributed by atoms with Gasteiger partial charge in [0.05, 0.1) is 11.7 Å². The fourth-order valence-electron chi connectivity index (χ4n) is 4.74. The maximum Gasteiger partial charge on any atom is 0.407 e. The molecule has 0 spiro atoms. The van der Waals surface area contributed by atoms with E-state index in [-0.39, 0.29) is 22.3 Å². The van der Waals surface area contributed by atoms with Crippen LogP contribution in [0.15, 0.2) is 22.8 Å². The molecule has 1 aromatic carbocycles. The van der Waals surface area contributed by atoms with Gasteiger partial charge in [-0.2, -0.15) is 0 Å². The van der Waals surface area contributed by atoms with Gasteiger partial charge in [0.1, 0.15) is 12.0 Å². The van der Waals surface area contributed by atoms with Gasteiger partial charge in [0.2, 0.25) is 5.89 Å². The molecular weight excluding hydrogens is 442 g/mol. The smallest absolute Gasteiger partial charge is 0.407 e. The Hall–Kier alpha value is -2.54. The van der Waals surface area contributed by atoms with Gasteiger partial charge in [-0.05, 0) is 28.4 Å². The molecule has 1 fully saturated rings. The Bertz CT molecular complexity index is 1020. The van der Waals surface area contributed by atoms with Crippen LogP contribution in [0.1, 0.15) is 79.1 Å². The number of oxazole rings is 1. The lowest BCUT2D eigenvalue weighted by Crippen LogP contribution is -2.59. The quantitative estimate of drug-likeness (QED) is 0.561. The predicted molar refractivity (Wildman–Crippen MR) is 139 cm³/mol. The first kappa shape index (κ1) is 27.1. The number of benzene rings is 1. The summed E-state index contributed by atoms with van der Waals surface area (Å²) in [5.74, 6) is 0.897. The Morgan fingerprint density at radius 2 is 1.60 bits per heavy atom. The van der Waals surface area contributed by atoms with Gasteiger partial charge in [-0.15, -0.1) is 0 Å². The SMILES string of the molecule is CC(C)(C)c1cc(-c2nc(CCN3CCN(C(=O)O)C(C(C)(C)C)C3)co2)cc(C(C)(C)C)c1O. The number of aromatic hydroxyl groups is 1. The van der Waals surface area contributed by atoms with Crippen molar-refractivity contribution in [3.05, 3.63) is 35.2 Å². The molecule has 0 bridgehead atoms. The summed E-state index contributed by atoms with van der Waals surface area (Å²) in [6, 6.07) is 3.92. The molecule has 194 valence electrons. The van der Waals surface area contributed by atoms with Crippen LogP contribution >= 0.6 is 0 Å². The van der Waals surface area contributed by atoms with E-state index in [1.807, 2.05) is 12.1 Å². The molecule has 0 radical (unpaired) electrons. The Kier molecular flexibility index (Phi) is 7.34. The molecular formula is C28H43N3O4. The normalized spacial score (nSPS) is 18.2. The zero-order chi connectivity index (χ0) is 26.3. The molecule has 1 unspecified atom stereocenters. The van der Waals surface area contributed by atoms with Gasteiger partial charge in [-0.1, -0.05) is 62.3 Å². The monoisotopic (exact) mass is 485 g/mol. The number of aromatic nitrogens is 1. The number of amides is 1. The third kappa shape index (κ3) is 6.18. The number of hydrogen-bond acceptors (Lipinski definition) is 5. The summed E-state index contributed by atoms with van der Waals surface area (Å²) in [5, 5.41) is 20.6. The van der Waals surface area contributed by atoms with Crippen molar-refractivity contribution in [2.75, 3.05) is 26.2 Å². The summed E-state index contributed by atoms with van der Waals surface area (Å²) in [6.45, 7) is 21.6. The molecule has 2 N–H and O–H groups in total. The molecule has 35 heavy (non-hydrogen) atoms. The molecule has 1 amide bonds. The van der Waals surface area contributed by atoms with Crippen molar-refractivity contribution >= 4 is 6.09 Å². The van der Waals surface area contributed by atoms with Gasteiger partial charge >= 0.3 is 6.09 Å². The minimum Gasteiger partial charge on any atom is -0.507 e. The average Bonchev–Trinajstić information content (AvgIpc) is 3.18. The molecule has 1 aliphatic rings. The number of carbonyl (C=O) groups is 1. The first-order chi connectivity index (χ1) is 16.0. The largest absolute Gasteiger partial charge is 0.507 e. The van der Waals surface area contributed by atoms with Crippen molar-refractivity contribution in [3.8, 4) is 17.2 Å². The second kappa shape index (κ2) is 9.49. The van der Waals surface area contributed by atoms with Crippen LogP contribution in [0, 0.1) is 5.41 Å². The molecule has 0 aliphatic carbocycles. The summed E-state index contributed by atoms with van der Waals surface area (Å²) in [6.07, 6.45) is 1.60. The van der Waals surface area contributed by atoms with Gasteiger partial charge in [-0.25, -0.2) is 9.78 Å². The van der Waals surface area contributed by atoms with E-state index in [1.165, 1.54) is 0 Å². The standard InChI is InChI=1S/C28H43N3O4/c1-26(2,3)20-14-18(15-21(23(20)32)27(4,5)6)24-29-19(17-35-24)10-11-30-12-13-31(25(33)34)22(16-30)28(7,8)9/h14-15,17,22,32H,10-13,16H2,1-9H3,(H,33,34). The molecule has 0 saturated carbocycles. The van der Waals surface area contributed by atoms with Crippen molar-refractivity contribution in [1.82, 2.24) is 14.8 Å². The average molecular weight is 486 g/mol. The summed E-state index contributed by atoms with van der Waals surface area (Å²) in [5.41, 5.74) is 2.91. The van der Waals surface area contributed by atoms with E-state index in [2.05, 4.69) is 67.2 Å². The molecule has 2 aromatic rings. The van der Waals surface area contributed by atoms with Crippen molar-refractivity contribution in [3.63, 3.8) is 0 Å². The number of rotatable bonds is 4. The fourth-order valence-corrected chi connectivity index (χ4v) is 4.74. The Morgan fingerprint density at radius 3 is 2.09 bits per heavy atom. The van der Waals surface area contributed by atoms with Gasteiger partial charge < -0.3 is 19.5 Å². The second-order valence-corrected chi connectivity index (χ2v) is 13.0. The second-order valence-electron chi connectivity index (χ2n) is 13.0. The lowest BCUT2D eigenvalue weighted by Gasteiger charge is -2.46. The first-order valence-corrected chi connectivity index (χ1v) is 12.5. The number of piperazine rings is 1. The highest BCUT2D eigenvalue weighted by molar-refractivity contribution is 5.66. The lowest BCUT2D eigenvalue weighted by atomic mass is 9.78. The van der Waals surface area contributed by atoms with Crippen LogP contribution in [0.3, 0.4) is 0 Å². The number of hydrogen-bond donors (Lipinski definition) is 2. The van der Waals surface area contributed by atoms with E-state index in [0.717, 1.165) is 35.3 Å². The molecule has 7 nitrogen and oxygen atoms in total. The van der Waals surface area contributed by atoms with Crippen molar-refractivity contribution in [2.45, 2.75) is 85.6 Å². The predicted octanol–water partition coefficient (Wildman–Crippen LogP) is 5.90. The van der Waals surface area contributed by atoms with E-state index >= 15 is 0 Å². The van der Waals surface area contributed by atoms with Crippen LogP contribution in [0.25, 0.3) is 11.5 Å². The first-order valence-electron chi connectivity index (χ1n) is 12.5. The summed E-state index contributed by atoms with van der Waals surface area (Å²) < 4.78 is 5.89. The van der Waals surface area contributed by atoms with Crippen molar-refractivity contribution < 1.29 is 19.4 Å². The number of carboxylic acid groups (broad SMARTS) is 1. The van der Waals surface area contributed by atoms with Gasteiger partial charge in [-0.3, -0.25) is 4.90 Å². The zero-order valence-electron chi connectivity index (χ0n) is 22.9. The van der Waals surface area contributed by atoms with Crippen LogP contribution in [-0.2, 0) is 17.3 Å². The van der Waals surface area contributed by atoms with Crippen molar-refractivity contribution in [1.29, 1.82) is 0 Å². The minimum atomic E-state index is -0.844. The van der Waals surface area contributed by atoms with Gasteiger partial charge in [0.15, 0.2) is 0 Å². The van der Waals surface area contributed by atoms with Gasteiger partial charge in [0.25, 0.3) is 0 Å². The highest BCUT2D eigenvalue weighted by Gasteiger charge is 2.37. The highest BCUT2D eigenvalue weighted by Crippen LogP contribution is 2.41. The molecule has 1 atom stereocenters. The summed E-state index contributed by atoms with van der Waals surface area (Å²) >= 11 is 0. The minimum absolute atomic E-state index is 0.0507. The van der Waals surface area contributed by atoms with E-state index in [4.69, 9.17) is 9.40 Å². The Morgan fingerprint density at radius 1 is 1.03 bits per heavy atom. The number of nitrogens with zero attached hydrogens (tertiary/aromatic N) is 3. The van der Waals surface area contributed by atoms with E-state index < -0.39 is 6.09 Å². The maximum atomic E-state index is 11.7. The third-order valence-corrected chi connectivity index (χ3v) is 6.92. The van der Waals surface area contributed by atoms with Gasteiger partial charge in [0, 0.05) is 49.3 Å². The van der Waals surface area contributed by atoms with E-state index in [0.29, 0.717) is 31.3 Å².